The van der Waals surface area contributed by atoms with Crippen LogP contribution < -0.4 is 5.73 Å². The third kappa shape index (κ3) is 4.35. The van der Waals surface area contributed by atoms with Gasteiger partial charge >= 0.3 is 6.09 Å². The molecule has 2 aliphatic carbocycles. The number of likely N-dealkylation sites (tertiary alicyclic amines) is 1. The minimum atomic E-state index is -0.714. The number of amides is 2. The first-order valence-electron chi connectivity index (χ1n) is 11.6. The molecule has 1 spiro atoms. The van der Waals surface area contributed by atoms with Crippen LogP contribution >= 0.6 is 0 Å². The Hall–Kier alpha value is -2.04. The van der Waals surface area contributed by atoms with Crippen LogP contribution in [0.25, 0.3) is 0 Å². The minimum absolute atomic E-state index is 0.178. The lowest BCUT2D eigenvalue weighted by atomic mass is 9.55. The molecule has 0 radical (unpaired) electrons. The number of nitrogens with zero attached hydrogens (tertiary/aromatic N) is 1. The maximum atomic E-state index is 13.0. The van der Waals surface area contributed by atoms with E-state index in [1.807, 2.05) is 0 Å². The van der Waals surface area contributed by atoms with Crippen molar-refractivity contribution in [1.29, 1.82) is 0 Å². The van der Waals surface area contributed by atoms with E-state index in [1.165, 1.54) is 29.5 Å². The van der Waals surface area contributed by atoms with Gasteiger partial charge in [0.05, 0.1) is 6.61 Å². The number of aryl methyl sites for hydroxylation is 2. The van der Waals surface area contributed by atoms with E-state index in [-0.39, 0.29) is 5.92 Å². The zero-order valence-electron chi connectivity index (χ0n) is 18.5. The molecule has 2 saturated carbocycles. The molecule has 2 atom stereocenters. The Labute approximate surface area is 180 Å². The zero-order valence-corrected chi connectivity index (χ0v) is 18.5. The Morgan fingerprint density at radius 1 is 1.17 bits per heavy atom. The number of primary amides is 1. The molecule has 5 heteroatoms. The van der Waals surface area contributed by atoms with E-state index in [1.54, 1.807) is 0 Å². The van der Waals surface area contributed by atoms with Gasteiger partial charge < -0.3 is 15.4 Å². The standard InChI is InChI=1S/C25H36N2O3/c1-17-5-6-18(2)22(14-17)20-15-25(16-20)9-11-27(12-10-25)23(28)21-8-7-19(21)4-3-13-30-24(26)29/h5-6,14,19-21H,3-4,7-13,15-16H2,1-2H3,(H2,26,29)/t19?,21-/m1/s1. The first-order chi connectivity index (χ1) is 14.4. The molecule has 2 N–H and O–H groups in total. The van der Waals surface area contributed by atoms with Crippen LogP contribution in [0.3, 0.4) is 0 Å². The summed E-state index contributed by atoms with van der Waals surface area (Å²) in [5, 5.41) is 0. The number of benzene rings is 1. The number of hydrogen-bond donors (Lipinski definition) is 1. The fourth-order valence-electron chi connectivity index (χ4n) is 6.01. The molecule has 3 fully saturated rings. The summed E-state index contributed by atoms with van der Waals surface area (Å²) in [6.45, 7) is 6.62. The molecule has 5 nitrogen and oxygen atoms in total. The van der Waals surface area contributed by atoms with Crippen molar-refractivity contribution in [2.45, 2.75) is 71.1 Å². The number of piperidine rings is 1. The van der Waals surface area contributed by atoms with E-state index in [9.17, 15) is 9.59 Å². The average molecular weight is 413 g/mol. The van der Waals surface area contributed by atoms with Gasteiger partial charge in [-0.25, -0.2) is 4.79 Å². The molecule has 4 rings (SSSR count). The molecular formula is C25H36N2O3. The summed E-state index contributed by atoms with van der Waals surface area (Å²) in [4.78, 5) is 25.8. The number of carbonyl (C=O) groups is 2. The van der Waals surface area contributed by atoms with Crippen LogP contribution in [0.2, 0.25) is 0 Å². The molecule has 0 bridgehead atoms. The summed E-state index contributed by atoms with van der Waals surface area (Å²) in [6.07, 6.45) is 8.02. The quantitative estimate of drug-likeness (QED) is 0.689. The van der Waals surface area contributed by atoms with E-state index >= 15 is 0 Å². The predicted octanol–water partition coefficient (Wildman–Crippen LogP) is 4.69. The van der Waals surface area contributed by atoms with Gasteiger partial charge in [-0.2, -0.15) is 0 Å². The Morgan fingerprint density at radius 2 is 1.90 bits per heavy atom. The molecule has 0 aromatic heterocycles. The van der Waals surface area contributed by atoms with Gasteiger partial charge in [-0.1, -0.05) is 23.8 Å². The van der Waals surface area contributed by atoms with Gasteiger partial charge in [0.2, 0.25) is 5.91 Å². The van der Waals surface area contributed by atoms with Crippen molar-refractivity contribution in [2.75, 3.05) is 19.7 Å². The second kappa shape index (κ2) is 8.60. The second-order valence-corrected chi connectivity index (χ2v) is 10.0. The van der Waals surface area contributed by atoms with Crippen LogP contribution in [0.15, 0.2) is 18.2 Å². The molecule has 30 heavy (non-hydrogen) atoms. The van der Waals surface area contributed by atoms with Gasteiger partial charge in [0, 0.05) is 19.0 Å². The SMILES string of the molecule is Cc1ccc(C)c(C2CC3(CCN(C(=O)[C@@H]4CCC4CCCOC(N)=O)CC3)C2)c1. The number of rotatable bonds is 6. The molecule has 1 saturated heterocycles. The molecule has 2 amide bonds. The van der Waals surface area contributed by atoms with Crippen molar-refractivity contribution in [2.24, 2.45) is 23.0 Å². The van der Waals surface area contributed by atoms with Crippen molar-refractivity contribution in [3.63, 3.8) is 0 Å². The Morgan fingerprint density at radius 3 is 2.53 bits per heavy atom. The summed E-state index contributed by atoms with van der Waals surface area (Å²) >= 11 is 0. The van der Waals surface area contributed by atoms with E-state index in [2.05, 4.69) is 36.9 Å². The van der Waals surface area contributed by atoms with Crippen LogP contribution in [0, 0.1) is 31.1 Å². The summed E-state index contributed by atoms with van der Waals surface area (Å²) < 4.78 is 4.81. The molecule has 1 aliphatic heterocycles. The highest BCUT2D eigenvalue weighted by atomic mass is 16.5. The van der Waals surface area contributed by atoms with Crippen LogP contribution in [-0.2, 0) is 9.53 Å². The van der Waals surface area contributed by atoms with Crippen LogP contribution in [0.5, 0.6) is 0 Å². The second-order valence-electron chi connectivity index (χ2n) is 10.0. The average Bonchev–Trinajstić information content (AvgIpc) is 2.67. The molecular weight excluding hydrogens is 376 g/mol. The highest BCUT2D eigenvalue weighted by Gasteiger charge is 2.48. The molecule has 1 unspecified atom stereocenters. The number of hydrogen-bond acceptors (Lipinski definition) is 3. The van der Waals surface area contributed by atoms with Crippen LogP contribution in [-0.4, -0.2) is 36.6 Å². The van der Waals surface area contributed by atoms with Crippen molar-refractivity contribution in [1.82, 2.24) is 4.90 Å². The maximum absolute atomic E-state index is 13.0. The van der Waals surface area contributed by atoms with E-state index in [0.29, 0.717) is 29.8 Å². The van der Waals surface area contributed by atoms with E-state index in [0.717, 1.165) is 51.6 Å². The van der Waals surface area contributed by atoms with Crippen LogP contribution in [0.1, 0.15) is 74.0 Å². The number of ether oxygens (including phenoxy) is 1. The molecule has 3 aliphatic rings. The first-order valence-corrected chi connectivity index (χ1v) is 11.6. The first kappa shape index (κ1) is 21.2. The van der Waals surface area contributed by atoms with Crippen molar-refractivity contribution >= 4 is 12.0 Å². The third-order valence-corrected chi connectivity index (χ3v) is 8.07. The minimum Gasteiger partial charge on any atom is -0.450 e. The Kier molecular flexibility index (Phi) is 6.08. The lowest BCUT2D eigenvalue weighted by Gasteiger charge is -2.53. The smallest absolute Gasteiger partial charge is 0.404 e. The fraction of sp³-hybridized carbons (Fsp3) is 0.680. The molecule has 1 heterocycles. The lowest BCUT2D eigenvalue weighted by Crippen LogP contribution is -2.51. The largest absolute Gasteiger partial charge is 0.450 e. The summed E-state index contributed by atoms with van der Waals surface area (Å²) in [5.41, 5.74) is 9.78. The topological polar surface area (TPSA) is 72.6 Å². The fourth-order valence-corrected chi connectivity index (χ4v) is 6.01. The molecule has 164 valence electrons. The third-order valence-electron chi connectivity index (χ3n) is 8.07. The highest BCUT2D eigenvalue weighted by molar-refractivity contribution is 5.80. The summed E-state index contributed by atoms with van der Waals surface area (Å²) in [7, 11) is 0. The monoisotopic (exact) mass is 412 g/mol. The van der Waals surface area contributed by atoms with Crippen molar-refractivity contribution < 1.29 is 14.3 Å². The predicted molar refractivity (Wildman–Crippen MR) is 117 cm³/mol. The van der Waals surface area contributed by atoms with Gasteiger partial charge in [0.25, 0.3) is 0 Å². The summed E-state index contributed by atoms with van der Waals surface area (Å²) in [6, 6.07) is 6.83. The Balaban J connectivity index is 1.23. The van der Waals surface area contributed by atoms with Gasteiger partial charge in [-0.15, -0.1) is 0 Å². The Bertz CT molecular complexity index is 790. The number of nitrogens with two attached hydrogens (primary N) is 1. The van der Waals surface area contributed by atoms with Crippen molar-refractivity contribution in [3.8, 4) is 0 Å². The van der Waals surface area contributed by atoms with Crippen LogP contribution in [0.4, 0.5) is 4.79 Å². The van der Waals surface area contributed by atoms with E-state index in [4.69, 9.17) is 10.5 Å². The number of carbonyl (C=O) groups excluding carboxylic acids is 2. The molecule has 1 aromatic carbocycles. The highest BCUT2D eigenvalue weighted by Crippen LogP contribution is 2.57. The van der Waals surface area contributed by atoms with Gasteiger partial charge in [-0.3, -0.25) is 4.79 Å². The van der Waals surface area contributed by atoms with Gasteiger partial charge in [0.15, 0.2) is 0 Å². The van der Waals surface area contributed by atoms with Gasteiger partial charge in [-0.05, 0) is 93.6 Å². The zero-order chi connectivity index (χ0) is 21.3. The maximum Gasteiger partial charge on any atom is 0.404 e. The van der Waals surface area contributed by atoms with E-state index < -0.39 is 6.09 Å². The van der Waals surface area contributed by atoms with Crippen molar-refractivity contribution in [3.05, 3.63) is 34.9 Å². The van der Waals surface area contributed by atoms with Gasteiger partial charge in [0.1, 0.15) is 0 Å². The molecule has 1 aromatic rings. The lowest BCUT2D eigenvalue weighted by molar-refractivity contribution is -0.145. The normalized spacial score (nSPS) is 25.5. The summed E-state index contributed by atoms with van der Waals surface area (Å²) in [5.74, 6) is 1.69.